The Labute approximate surface area is 175 Å². The van der Waals surface area contributed by atoms with Gasteiger partial charge in [0.25, 0.3) is 15.9 Å². The van der Waals surface area contributed by atoms with Crippen molar-refractivity contribution < 1.29 is 22.7 Å². The fourth-order valence-electron chi connectivity index (χ4n) is 2.63. The molecule has 0 saturated carbocycles. The Morgan fingerprint density at radius 2 is 1.47 bits per heavy atom. The number of hydrogen-bond donors (Lipinski definition) is 2. The maximum absolute atomic E-state index is 12.5. The van der Waals surface area contributed by atoms with E-state index in [4.69, 9.17) is 9.47 Å². The largest absolute Gasteiger partial charge is 0.493 e. The molecular weight excluding hydrogens is 404 g/mol. The first-order valence-electron chi connectivity index (χ1n) is 9.12. The molecule has 0 heterocycles. The predicted molar refractivity (Wildman–Crippen MR) is 116 cm³/mol. The number of carbonyl (C=O) groups is 1. The second-order valence-corrected chi connectivity index (χ2v) is 8.17. The van der Waals surface area contributed by atoms with Gasteiger partial charge in [-0.2, -0.15) is 0 Å². The molecule has 0 radical (unpaired) electrons. The lowest BCUT2D eigenvalue weighted by Gasteiger charge is -2.11. The van der Waals surface area contributed by atoms with Crippen LogP contribution in [0.3, 0.4) is 0 Å². The van der Waals surface area contributed by atoms with Gasteiger partial charge in [0.1, 0.15) is 0 Å². The van der Waals surface area contributed by atoms with E-state index in [1.54, 1.807) is 36.4 Å². The minimum atomic E-state index is -3.73. The summed E-state index contributed by atoms with van der Waals surface area (Å²) in [6.45, 7) is 1.71. The fourth-order valence-corrected chi connectivity index (χ4v) is 3.69. The predicted octanol–water partition coefficient (Wildman–Crippen LogP) is 3.82. The SMILES string of the molecule is COc1ccccc1OCC(=O)Nc1ccc(S(=O)(=O)Nc2ccc(C)cc2)cc1. The van der Waals surface area contributed by atoms with Crippen molar-refractivity contribution in [2.75, 3.05) is 23.8 Å². The summed E-state index contributed by atoms with van der Waals surface area (Å²) >= 11 is 0. The zero-order valence-electron chi connectivity index (χ0n) is 16.6. The van der Waals surface area contributed by atoms with Gasteiger partial charge in [-0.05, 0) is 55.5 Å². The Morgan fingerprint density at radius 1 is 0.867 bits per heavy atom. The molecule has 0 saturated heterocycles. The number of ether oxygens (including phenoxy) is 2. The molecule has 0 spiro atoms. The Kier molecular flexibility index (Phi) is 6.58. The van der Waals surface area contributed by atoms with Crippen LogP contribution >= 0.6 is 0 Å². The van der Waals surface area contributed by atoms with E-state index in [2.05, 4.69) is 10.0 Å². The lowest BCUT2D eigenvalue weighted by atomic mass is 10.2. The number of nitrogens with one attached hydrogen (secondary N) is 2. The maximum atomic E-state index is 12.5. The maximum Gasteiger partial charge on any atom is 0.262 e. The number of sulfonamides is 1. The van der Waals surface area contributed by atoms with Gasteiger partial charge in [0.15, 0.2) is 18.1 Å². The van der Waals surface area contributed by atoms with E-state index in [0.717, 1.165) is 5.56 Å². The third-order valence-corrected chi connectivity index (χ3v) is 5.58. The molecule has 2 N–H and O–H groups in total. The molecule has 3 aromatic rings. The summed E-state index contributed by atoms with van der Waals surface area (Å²) in [7, 11) is -2.21. The molecule has 3 aromatic carbocycles. The third kappa shape index (κ3) is 5.51. The first-order chi connectivity index (χ1) is 14.4. The first-order valence-corrected chi connectivity index (χ1v) is 10.6. The van der Waals surface area contributed by atoms with Gasteiger partial charge in [0.05, 0.1) is 12.0 Å². The summed E-state index contributed by atoms with van der Waals surface area (Å²) in [5, 5.41) is 2.66. The smallest absolute Gasteiger partial charge is 0.262 e. The average Bonchev–Trinajstić information content (AvgIpc) is 2.74. The van der Waals surface area contributed by atoms with E-state index < -0.39 is 10.0 Å². The Hall–Kier alpha value is -3.52. The van der Waals surface area contributed by atoms with Crippen molar-refractivity contribution in [2.45, 2.75) is 11.8 Å². The molecular formula is C22H22N2O5S. The zero-order chi connectivity index (χ0) is 21.6. The second-order valence-electron chi connectivity index (χ2n) is 6.48. The van der Waals surface area contributed by atoms with E-state index >= 15 is 0 Å². The molecule has 0 aromatic heterocycles. The molecule has 0 aliphatic carbocycles. The number of carbonyl (C=O) groups excluding carboxylic acids is 1. The molecule has 7 nitrogen and oxygen atoms in total. The molecule has 0 unspecified atom stereocenters. The van der Waals surface area contributed by atoms with E-state index in [1.807, 2.05) is 19.1 Å². The van der Waals surface area contributed by atoms with E-state index in [0.29, 0.717) is 22.9 Å². The van der Waals surface area contributed by atoms with Crippen LogP contribution in [0.15, 0.2) is 77.7 Å². The van der Waals surface area contributed by atoms with Crippen molar-refractivity contribution in [3.63, 3.8) is 0 Å². The van der Waals surface area contributed by atoms with Crippen LogP contribution in [0, 0.1) is 6.92 Å². The number of anilines is 2. The van der Waals surface area contributed by atoms with E-state index in [1.165, 1.54) is 31.4 Å². The third-order valence-electron chi connectivity index (χ3n) is 4.18. The number of benzene rings is 3. The fraction of sp³-hybridized carbons (Fsp3) is 0.136. The van der Waals surface area contributed by atoms with Crippen molar-refractivity contribution in [1.29, 1.82) is 0 Å². The lowest BCUT2D eigenvalue weighted by molar-refractivity contribution is -0.118. The Balaban J connectivity index is 1.59. The van der Waals surface area contributed by atoms with Crippen molar-refractivity contribution in [2.24, 2.45) is 0 Å². The van der Waals surface area contributed by atoms with Crippen LogP contribution in [-0.4, -0.2) is 28.0 Å². The number of hydrogen-bond acceptors (Lipinski definition) is 5. The van der Waals surface area contributed by atoms with Crippen molar-refractivity contribution in [3.05, 3.63) is 78.4 Å². The summed E-state index contributed by atoms with van der Waals surface area (Å²) in [6.07, 6.45) is 0. The van der Waals surface area contributed by atoms with E-state index in [9.17, 15) is 13.2 Å². The molecule has 0 aliphatic rings. The Morgan fingerprint density at radius 3 is 2.10 bits per heavy atom. The standard InChI is InChI=1S/C22H22N2O5S/c1-16-7-9-18(10-8-16)24-30(26,27)19-13-11-17(12-14-19)23-22(25)15-29-21-6-4-3-5-20(21)28-2/h3-14,24H,15H2,1-2H3,(H,23,25). The van der Waals surface area contributed by atoms with Gasteiger partial charge in [-0.3, -0.25) is 9.52 Å². The second kappa shape index (κ2) is 9.32. The van der Waals surface area contributed by atoms with Gasteiger partial charge < -0.3 is 14.8 Å². The van der Waals surface area contributed by atoms with Gasteiger partial charge in [0, 0.05) is 11.4 Å². The van der Waals surface area contributed by atoms with Crippen molar-refractivity contribution in [3.8, 4) is 11.5 Å². The molecule has 0 atom stereocenters. The summed E-state index contributed by atoms with van der Waals surface area (Å²) in [6, 6.07) is 19.9. The summed E-state index contributed by atoms with van der Waals surface area (Å²) in [5.41, 5.74) is 1.97. The van der Waals surface area contributed by atoms with Gasteiger partial charge in [-0.1, -0.05) is 29.8 Å². The van der Waals surface area contributed by atoms with Gasteiger partial charge >= 0.3 is 0 Å². The van der Waals surface area contributed by atoms with Crippen LogP contribution in [0.25, 0.3) is 0 Å². The molecule has 0 bridgehead atoms. The van der Waals surface area contributed by atoms with Crippen LogP contribution in [0.5, 0.6) is 11.5 Å². The highest BCUT2D eigenvalue weighted by molar-refractivity contribution is 7.92. The topological polar surface area (TPSA) is 93.7 Å². The average molecular weight is 426 g/mol. The highest BCUT2D eigenvalue weighted by atomic mass is 32.2. The van der Waals surface area contributed by atoms with Crippen LogP contribution < -0.4 is 19.5 Å². The summed E-state index contributed by atoms with van der Waals surface area (Å²) < 4.78 is 38.2. The number of para-hydroxylation sites is 2. The van der Waals surface area contributed by atoms with Crippen LogP contribution in [0.2, 0.25) is 0 Å². The first kappa shape index (κ1) is 21.2. The highest BCUT2D eigenvalue weighted by Crippen LogP contribution is 2.25. The van der Waals surface area contributed by atoms with Crippen LogP contribution in [0.1, 0.15) is 5.56 Å². The lowest BCUT2D eigenvalue weighted by Crippen LogP contribution is -2.20. The quantitative estimate of drug-likeness (QED) is 0.571. The minimum Gasteiger partial charge on any atom is -0.493 e. The van der Waals surface area contributed by atoms with Gasteiger partial charge in [-0.25, -0.2) is 8.42 Å². The molecule has 156 valence electrons. The number of rotatable bonds is 8. The normalized spacial score (nSPS) is 10.9. The Bertz CT molecular complexity index is 1110. The highest BCUT2D eigenvalue weighted by Gasteiger charge is 2.14. The monoisotopic (exact) mass is 426 g/mol. The van der Waals surface area contributed by atoms with Crippen molar-refractivity contribution in [1.82, 2.24) is 0 Å². The summed E-state index contributed by atoms with van der Waals surface area (Å²) in [4.78, 5) is 12.2. The van der Waals surface area contributed by atoms with Crippen LogP contribution in [-0.2, 0) is 14.8 Å². The van der Waals surface area contributed by atoms with Gasteiger partial charge in [-0.15, -0.1) is 0 Å². The minimum absolute atomic E-state index is 0.0892. The zero-order valence-corrected chi connectivity index (χ0v) is 17.4. The molecule has 0 aliphatic heterocycles. The van der Waals surface area contributed by atoms with Crippen LogP contribution in [0.4, 0.5) is 11.4 Å². The molecule has 1 amide bonds. The number of amides is 1. The van der Waals surface area contributed by atoms with Gasteiger partial charge in [0.2, 0.25) is 0 Å². The molecule has 30 heavy (non-hydrogen) atoms. The van der Waals surface area contributed by atoms with E-state index in [-0.39, 0.29) is 17.4 Å². The molecule has 3 rings (SSSR count). The number of methoxy groups -OCH3 is 1. The molecule has 0 fully saturated rings. The summed E-state index contributed by atoms with van der Waals surface area (Å²) in [5.74, 6) is 0.606. The number of aryl methyl sites for hydroxylation is 1. The molecule has 8 heteroatoms. The van der Waals surface area contributed by atoms with Crippen molar-refractivity contribution >= 4 is 27.3 Å².